The van der Waals surface area contributed by atoms with Crippen molar-refractivity contribution in [2.75, 3.05) is 45.8 Å². The number of piperazine rings is 1. The van der Waals surface area contributed by atoms with Gasteiger partial charge in [0.25, 0.3) is 5.91 Å². The molecule has 2 heterocycles. The lowest BCUT2D eigenvalue weighted by atomic mass is 10.3. The lowest BCUT2D eigenvalue weighted by molar-refractivity contribution is 0.0943. The Kier molecular flexibility index (Phi) is 6.07. The molecule has 21 heavy (non-hydrogen) atoms. The third-order valence-corrected chi connectivity index (χ3v) is 3.86. The number of nitrogens with one attached hydrogen (secondary N) is 1. The molecule has 1 aromatic heterocycles. The summed E-state index contributed by atoms with van der Waals surface area (Å²) in [6.07, 6.45) is 4.11. The van der Waals surface area contributed by atoms with Crippen LogP contribution in [0.4, 0.5) is 0 Å². The molecule has 0 atom stereocenters. The third kappa shape index (κ3) is 5.06. The van der Waals surface area contributed by atoms with Gasteiger partial charge in [0, 0.05) is 38.9 Å². The van der Waals surface area contributed by atoms with E-state index in [2.05, 4.69) is 32.0 Å². The summed E-state index contributed by atoms with van der Waals surface area (Å²) in [4.78, 5) is 24.9. The minimum Gasteiger partial charge on any atom is -0.351 e. The second-order valence-corrected chi connectivity index (χ2v) is 5.43. The first-order valence-corrected chi connectivity index (χ1v) is 7.70. The van der Waals surface area contributed by atoms with Crippen LogP contribution in [0.25, 0.3) is 0 Å². The standard InChI is InChI=1S/C15H25N5O/c1-3-19-7-9-20(10-8-19)6-4-5-16-15(21)14-12-17-13(2)11-18-14/h11-12H,3-10H2,1-2H3,(H,16,21). The second kappa shape index (κ2) is 8.05. The normalized spacial score (nSPS) is 16.9. The van der Waals surface area contributed by atoms with Crippen LogP contribution < -0.4 is 5.32 Å². The van der Waals surface area contributed by atoms with Crippen molar-refractivity contribution in [1.82, 2.24) is 25.1 Å². The van der Waals surface area contributed by atoms with E-state index in [0.29, 0.717) is 12.2 Å². The van der Waals surface area contributed by atoms with Gasteiger partial charge in [0.15, 0.2) is 0 Å². The number of amides is 1. The number of carbonyl (C=O) groups is 1. The van der Waals surface area contributed by atoms with Crippen molar-refractivity contribution < 1.29 is 4.79 Å². The van der Waals surface area contributed by atoms with Crippen molar-refractivity contribution in [2.45, 2.75) is 20.3 Å². The van der Waals surface area contributed by atoms with Crippen LogP contribution in [0, 0.1) is 6.92 Å². The Hall–Kier alpha value is -1.53. The fourth-order valence-corrected chi connectivity index (χ4v) is 2.43. The van der Waals surface area contributed by atoms with Crippen LogP contribution in [-0.4, -0.2) is 71.5 Å². The van der Waals surface area contributed by atoms with Crippen LogP contribution in [0.1, 0.15) is 29.5 Å². The van der Waals surface area contributed by atoms with Crippen LogP contribution >= 0.6 is 0 Å². The maximum absolute atomic E-state index is 11.9. The van der Waals surface area contributed by atoms with E-state index in [1.807, 2.05) is 6.92 Å². The number of rotatable bonds is 6. The quantitative estimate of drug-likeness (QED) is 0.775. The number of aryl methyl sites for hydroxylation is 1. The van der Waals surface area contributed by atoms with Gasteiger partial charge in [-0.05, 0) is 26.4 Å². The summed E-state index contributed by atoms with van der Waals surface area (Å²) >= 11 is 0. The van der Waals surface area contributed by atoms with Gasteiger partial charge in [-0.3, -0.25) is 9.78 Å². The molecule has 1 aliphatic heterocycles. The third-order valence-electron chi connectivity index (χ3n) is 3.86. The molecule has 0 unspecified atom stereocenters. The first kappa shape index (κ1) is 15.9. The number of nitrogens with zero attached hydrogens (tertiary/aromatic N) is 4. The molecule has 1 N–H and O–H groups in total. The zero-order valence-corrected chi connectivity index (χ0v) is 13.0. The molecule has 6 heteroatoms. The predicted molar refractivity (Wildman–Crippen MR) is 82.3 cm³/mol. The Morgan fingerprint density at radius 2 is 1.90 bits per heavy atom. The lowest BCUT2D eigenvalue weighted by Crippen LogP contribution is -2.46. The highest BCUT2D eigenvalue weighted by atomic mass is 16.1. The molecule has 1 fully saturated rings. The maximum atomic E-state index is 11.9. The van der Waals surface area contributed by atoms with Gasteiger partial charge < -0.3 is 15.1 Å². The maximum Gasteiger partial charge on any atom is 0.271 e. The molecule has 116 valence electrons. The summed E-state index contributed by atoms with van der Waals surface area (Å²) in [5.74, 6) is -0.140. The van der Waals surface area contributed by atoms with Crippen LogP contribution in [0.2, 0.25) is 0 Å². The number of likely N-dealkylation sites (N-methyl/N-ethyl adjacent to an activating group) is 1. The fourth-order valence-electron chi connectivity index (χ4n) is 2.43. The molecule has 2 rings (SSSR count). The van der Waals surface area contributed by atoms with E-state index >= 15 is 0 Å². The predicted octanol–water partition coefficient (Wildman–Crippen LogP) is 0.542. The molecule has 0 bridgehead atoms. The number of aromatic nitrogens is 2. The van der Waals surface area contributed by atoms with Crippen molar-refractivity contribution in [1.29, 1.82) is 0 Å². The Morgan fingerprint density at radius 3 is 2.52 bits per heavy atom. The van der Waals surface area contributed by atoms with E-state index in [9.17, 15) is 4.79 Å². The summed E-state index contributed by atoms with van der Waals surface area (Å²) in [6.45, 7) is 11.5. The summed E-state index contributed by atoms with van der Waals surface area (Å²) in [7, 11) is 0. The number of hydrogen-bond donors (Lipinski definition) is 1. The molecule has 0 aliphatic carbocycles. The van der Waals surface area contributed by atoms with Crippen molar-refractivity contribution in [2.24, 2.45) is 0 Å². The van der Waals surface area contributed by atoms with E-state index in [0.717, 1.165) is 51.4 Å². The fraction of sp³-hybridized carbons (Fsp3) is 0.667. The first-order valence-electron chi connectivity index (χ1n) is 7.70. The molecule has 0 radical (unpaired) electrons. The molecule has 0 spiro atoms. The van der Waals surface area contributed by atoms with Gasteiger partial charge >= 0.3 is 0 Å². The molecule has 1 amide bonds. The Morgan fingerprint density at radius 1 is 1.19 bits per heavy atom. The van der Waals surface area contributed by atoms with Gasteiger partial charge in [-0.25, -0.2) is 4.98 Å². The molecular formula is C15H25N5O. The number of carbonyl (C=O) groups excluding carboxylic acids is 1. The highest BCUT2D eigenvalue weighted by molar-refractivity contribution is 5.91. The minimum absolute atomic E-state index is 0.140. The van der Waals surface area contributed by atoms with Gasteiger partial charge in [-0.15, -0.1) is 0 Å². The van der Waals surface area contributed by atoms with Crippen LogP contribution in [0.5, 0.6) is 0 Å². The van der Waals surface area contributed by atoms with Crippen molar-refractivity contribution in [3.8, 4) is 0 Å². The molecule has 0 aromatic carbocycles. The van der Waals surface area contributed by atoms with Crippen molar-refractivity contribution in [3.63, 3.8) is 0 Å². The van der Waals surface area contributed by atoms with Gasteiger partial charge in [-0.1, -0.05) is 6.92 Å². The van der Waals surface area contributed by atoms with Crippen molar-refractivity contribution in [3.05, 3.63) is 23.8 Å². The van der Waals surface area contributed by atoms with E-state index in [4.69, 9.17) is 0 Å². The largest absolute Gasteiger partial charge is 0.351 e. The molecule has 6 nitrogen and oxygen atoms in total. The van der Waals surface area contributed by atoms with E-state index in [1.165, 1.54) is 6.20 Å². The topological polar surface area (TPSA) is 61.4 Å². The summed E-state index contributed by atoms with van der Waals surface area (Å²) in [6, 6.07) is 0. The smallest absolute Gasteiger partial charge is 0.271 e. The summed E-state index contributed by atoms with van der Waals surface area (Å²) in [5, 5.41) is 2.90. The lowest BCUT2D eigenvalue weighted by Gasteiger charge is -2.33. The molecule has 1 aromatic rings. The summed E-state index contributed by atoms with van der Waals surface area (Å²) in [5.41, 5.74) is 1.20. The van der Waals surface area contributed by atoms with E-state index < -0.39 is 0 Å². The molecular weight excluding hydrogens is 266 g/mol. The van der Waals surface area contributed by atoms with Gasteiger partial charge in [0.1, 0.15) is 5.69 Å². The van der Waals surface area contributed by atoms with Gasteiger partial charge in [-0.2, -0.15) is 0 Å². The Bertz CT molecular complexity index is 440. The van der Waals surface area contributed by atoms with E-state index in [1.54, 1.807) is 6.20 Å². The average molecular weight is 291 g/mol. The van der Waals surface area contributed by atoms with Gasteiger partial charge in [0.05, 0.1) is 11.9 Å². The van der Waals surface area contributed by atoms with Crippen LogP contribution in [0.15, 0.2) is 12.4 Å². The minimum atomic E-state index is -0.140. The molecule has 0 saturated carbocycles. The van der Waals surface area contributed by atoms with Gasteiger partial charge in [0.2, 0.25) is 0 Å². The number of hydrogen-bond acceptors (Lipinski definition) is 5. The average Bonchev–Trinajstić information content (AvgIpc) is 2.52. The van der Waals surface area contributed by atoms with E-state index in [-0.39, 0.29) is 5.91 Å². The SMILES string of the molecule is CCN1CCN(CCCNC(=O)c2cnc(C)cn2)CC1. The molecule has 1 aliphatic rings. The molecule has 1 saturated heterocycles. The monoisotopic (exact) mass is 291 g/mol. The zero-order chi connectivity index (χ0) is 15.1. The highest BCUT2D eigenvalue weighted by Gasteiger charge is 2.14. The van der Waals surface area contributed by atoms with Crippen LogP contribution in [-0.2, 0) is 0 Å². The Balaban J connectivity index is 1.61. The highest BCUT2D eigenvalue weighted by Crippen LogP contribution is 2.01. The van der Waals surface area contributed by atoms with Crippen LogP contribution in [0.3, 0.4) is 0 Å². The zero-order valence-electron chi connectivity index (χ0n) is 13.0. The first-order chi connectivity index (χ1) is 10.2. The summed E-state index contributed by atoms with van der Waals surface area (Å²) < 4.78 is 0. The van der Waals surface area contributed by atoms with Crippen molar-refractivity contribution >= 4 is 5.91 Å². The second-order valence-electron chi connectivity index (χ2n) is 5.43. The Labute approximate surface area is 126 Å².